The summed E-state index contributed by atoms with van der Waals surface area (Å²) in [6, 6.07) is 10.1. The number of carbonyl (C=O) groups is 1. The number of alkyl halides is 3. The smallest absolute Gasteiger partial charge is 0.419 e. The normalized spacial score (nSPS) is 11.8. The van der Waals surface area contributed by atoms with Crippen molar-refractivity contribution >= 4 is 41.3 Å². The zero-order valence-electron chi connectivity index (χ0n) is 16.7. The van der Waals surface area contributed by atoms with Crippen molar-refractivity contribution in [3.05, 3.63) is 103 Å². The van der Waals surface area contributed by atoms with Crippen molar-refractivity contribution in [1.29, 1.82) is 0 Å². The minimum absolute atomic E-state index is 0.0458. The SMILES string of the molecule is O=C(O)c1ccc(CCn2c(/C=C/c3cccc(C(F)(F)F)c3F)c(Cl)cc(Cl)c2=O)cc1. The molecule has 172 valence electrons. The maximum atomic E-state index is 14.3. The van der Waals surface area contributed by atoms with E-state index in [0.717, 1.165) is 23.8 Å². The maximum absolute atomic E-state index is 14.3. The van der Waals surface area contributed by atoms with Crippen LogP contribution < -0.4 is 5.56 Å². The number of carboxylic acids is 1. The second-order valence-electron chi connectivity index (χ2n) is 6.97. The summed E-state index contributed by atoms with van der Waals surface area (Å²) in [7, 11) is 0. The third-order valence-corrected chi connectivity index (χ3v) is 5.39. The first-order valence-corrected chi connectivity index (χ1v) is 10.2. The fourth-order valence-electron chi connectivity index (χ4n) is 3.13. The zero-order chi connectivity index (χ0) is 24.3. The van der Waals surface area contributed by atoms with Crippen molar-refractivity contribution < 1.29 is 27.5 Å². The van der Waals surface area contributed by atoms with E-state index in [2.05, 4.69) is 0 Å². The molecule has 4 nitrogen and oxygen atoms in total. The highest BCUT2D eigenvalue weighted by atomic mass is 35.5. The van der Waals surface area contributed by atoms with Crippen LogP contribution >= 0.6 is 23.2 Å². The lowest BCUT2D eigenvalue weighted by Crippen LogP contribution is -2.24. The van der Waals surface area contributed by atoms with Crippen LogP contribution in [0.3, 0.4) is 0 Å². The van der Waals surface area contributed by atoms with Gasteiger partial charge in [-0.05, 0) is 48.4 Å². The van der Waals surface area contributed by atoms with Gasteiger partial charge in [-0.25, -0.2) is 9.18 Å². The number of halogens is 6. The number of aromatic nitrogens is 1. The topological polar surface area (TPSA) is 59.3 Å². The van der Waals surface area contributed by atoms with Gasteiger partial charge in [0.25, 0.3) is 5.56 Å². The van der Waals surface area contributed by atoms with Crippen molar-refractivity contribution in [2.75, 3.05) is 0 Å². The van der Waals surface area contributed by atoms with E-state index in [-0.39, 0.29) is 33.4 Å². The fourth-order valence-corrected chi connectivity index (χ4v) is 3.67. The van der Waals surface area contributed by atoms with Crippen LogP contribution in [0.15, 0.2) is 53.3 Å². The molecule has 0 fully saturated rings. The molecule has 1 N–H and O–H groups in total. The van der Waals surface area contributed by atoms with Crippen molar-refractivity contribution in [3.63, 3.8) is 0 Å². The van der Waals surface area contributed by atoms with Crippen molar-refractivity contribution in [1.82, 2.24) is 4.57 Å². The van der Waals surface area contributed by atoms with Crippen LogP contribution in [0.4, 0.5) is 17.6 Å². The third-order valence-electron chi connectivity index (χ3n) is 4.82. The van der Waals surface area contributed by atoms with Gasteiger partial charge in [0.1, 0.15) is 10.8 Å². The molecule has 0 saturated carbocycles. The van der Waals surface area contributed by atoms with Gasteiger partial charge in [0.15, 0.2) is 0 Å². The van der Waals surface area contributed by atoms with Crippen LogP contribution in [-0.2, 0) is 19.1 Å². The van der Waals surface area contributed by atoms with Gasteiger partial charge in [0.05, 0.1) is 21.8 Å². The summed E-state index contributed by atoms with van der Waals surface area (Å²) < 4.78 is 54.5. The van der Waals surface area contributed by atoms with Gasteiger partial charge in [-0.15, -0.1) is 0 Å². The molecule has 0 bridgehead atoms. The molecule has 0 aliphatic carbocycles. The lowest BCUT2D eigenvalue weighted by Gasteiger charge is -2.13. The first-order chi connectivity index (χ1) is 15.5. The van der Waals surface area contributed by atoms with E-state index in [4.69, 9.17) is 28.3 Å². The van der Waals surface area contributed by atoms with Gasteiger partial charge in [-0.2, -0.15) is 13.2 Å². The Balaban J connectivity index is 1.96. The number of hydrogen-bond donors (Lipinski definition) is 1. The molecule has 0 spiro atoms. The maximum Gasteiger partial charge on any atom is 0.419 e. The van der Waals surface area contributed by atoms with Gasteiger partial charge >= 0.3 is 12.1 Å². The summed E-state index contributed by atoms with van der Waals surface area (Å²) in [6.45, 7) is 0.0796. The Morgan fingerprint density at radius 1 is 1.03 bits per heavy atom. The Labute approximate surface area is 195 Å². The Morgan fingerprint density at radius 2 is 1.70 bits per heavy atom. The summed E-state index contributed by atoms with van der Waals surface area (Å²) in [6.07, 6.45) is -2.22. The number of nitrogens with zero attached hydrogens (tertiary/aromatic N) is 1. The van der Waals surface area contributed by atoms with Crippen molar-refractivity contribution in [3.8, 4) is 0 Å². The molecule has 0 unspecified atom stereocenters. The number of carboxylic acid groups (broad SMARTS) is 1. The molecule has 2 aromatic carbocycles. The molecule has 0 radical (unpaired) electrons. The summed E-state index contributed by atoms with van der Waals surface area (Å²) >= 11 is 12.2. The predicted molar refractivity (Wildman–Crippen MR) is 118 cm³/mol. The Bertz CT molecular complexity index is 1280. The summed E-state index contributed by atoms with van der Waals surface area (Å²) in [5.74, 6) is -2.52. The highest BCUT2D eigenvalue weighted by molar-refractivity contribution is 6.35. The molecule has 33 heavy (non-hydrogen) atoms. The van der Waals surface area contributed by atoms with Gasteiger partial charge in [0.2, 0.25) is 0 Å². The van der Waals surface area contributed by atoms with E-state index in [9.17, 15) is 27.2 Å². The van der Waals surface area contributed by atoms with Crippen molar-refractivity contribution in [2.45, 2.75) is 19.1 Å². The molecule has 1 aromatic heterocycles. The standard InChI is InChI=1S/C23H15Cl2F4NO3/c24-17-12-18(25)21(31)30(11-10-13-4-6-15(7-5-13)22(32)33)19(17)9-8-14-2-1-3-16(20(14)26)23(27,28)29/h1-9,12H,10-11H2,(H,32,33)/b9-8+. The molecule has 0 aliphatic rings. The minimum Gasteiger partial charge on any atom is -0.478 e. The largest absolute Gasteiger partial charge is 0.478 e. The number of hydrogen-bond acceptors (Lipinski definition) is 2. The lowest BCUT2D eigenvalue weighted by molar-refractivity contribution is -0.140. The van der Waals surface area contributed by atoms with Gasteiger partial charge < -0.3 is 9.67 Å². The van der Waals surface area contributed by atoms with Crippen LogP contribution in [0.5, 0.6) is 0 Å². The average molecular weight is 500 g/mol. The van der Waals surface area contributed by atoms with Crippen molar-refractivity contribution in [2.24, 2.45) is 0 Å². The van der Waals surface area contributed by atoms with Gasteiger partial charge in [-0.3, -0.25) is 4.79 Å². The summed E-state index contributed by atoms with van der Waals surface area (Å²) in [5.41, 5.74) is -1.37. The van der Waals surface area contributed by atoms with E-state index in [1.165, 1.54) is 28.8 Å². The van der Waals surface area contributed by atoms with E-state index < -0.39 is 29.1 Å². The number of rotatable bonds is 6. The van der Waals surface area contributed by atoms with E-state index in [1.54, 1.807) is 12.1 Å². The molecule has 3 rings (SSSR count). The van der Waals surface area contributed by atoms with Crippen LogP contribution in [0, 0.1) is 5.82 Å². The summed E-state index contributed by atoms with van der Waals surface area (Å²) in [5, 5.41) is 8.86. The highest BCUT2D eigenvalue weighted by Crippen LogP contribution is 2.33. The number of aromatic carboxylic acids is 1. The predicted octanol–water partition coefficient (Wildman–Crippen LogP) is 6.42. The van der Waals surface area contributed by atoms with E-state index in [0.29, 0.717) is 12.5 Å². The van der Waals surface area contributed by atoms with Gasteiger partial charge in [0, 0.05) is 12.1 Å². The average Bonchev–Trinajstić information content (AvgIpc) is 2.75. The Hall–Kier alpha value is -3.10. The molecular weight excluding hydrogens is 485 g/mol. The van der Waals surface area contributed by atoms with Crippen LogP contribution in [0.25, 0.3) is 12.2 Å². The fraction of sp³-hybridized carbons (Fsp3) is 0.130. The summed E-state index contributed by atoms with van der Waals surface area (Å²) in [4.78, 5) is 23.6. The first kappa shape index (κ1) is 24.5. The highest BCUT2D eigenvalue weighted by Gasteiger charge is 2.34. The molecule has 0 saturated heterocycles. The first-order valence-electron chi connectivity index (χ1n) is 9.44. The quantitative estimate of drug-likeness (QED) is 0.398. The molecule has 1 heterocycles. The Kier molecular flexibility index (Phi) is 7.29. The van der Waals surface area contributed by atoms with Crippen LogP contribution in [-0.4, -0.2) is 15.6 Å². The molecule has 0 aliphatic heterocycles. The molecule has 0 atom stereocenters. The third kappa shape index (κ3) is 5.64. The van der Waals surface area contributed by atoms with E-state index >= 15 is 0 Å². The second-order valence-corrected chi connectivity index (χ2v) is 7.79. The monoisotopic (exact) mass is 499 g/mol. The number of pyridine rings is 1. The van der Waals surface area contributed by atoms with E-state index in [1.807, 2.05) is 0 Å². The molecule has 0 amide bonds. The number of benzene rings is 2. The van der Waals surface area contributed by atoms with Crippen LogP contribution in [0.1, 0.15) is 32.7 Å². The Morgan fingerprint density at radius 3 is 2.30 bits per heavy atom. The number of aryl methyl sites for hydroxylation is 1. The molecule has 3 aromatic rings. The minimum atomic E-state index is -4.86. The molecule has 10 heteroatoms. The molecular formula is C23H15Cl2F4NO3. The second kappa shape index (κ2) is 9.80. The van der Waals surface area contributed by atoms with Crippen LogP contribution in [0.2, 0.25) is 10.0 Å². The van der Waals surface area contributed by atoms with Gasteiger partial charge in [-0.1, -0.05) is 47.5 Å². The zero-order valence-corrected chi connectivity index (χ0v) is 18.2. The lowest BCUT2D eigenvalue weighted by atomic mass is 10.1.